The molecule has 0 atom stereocenters. The van der Waals surface area contributed by atoms with Crippen molar-refractivity contribution in [3.05, 3.63) is 69.2 Å². The maximum atomic E-state index is 11.7. The fraction of sp³-hybridized carbons (Fsp3) is 0.0588. The lowest BCUT2D eigenvalue weighted by Gasteiger charge is -2.06. The first-order chi connectivity index (χ1) is 12.4. The van der Waals surface area contributed by atoms with E-state index in [1.165, 1.54) is 36.5 Å². The number of aromatic carboxylic acids is 1. The summed E-state index contributed by atoms with van der Waals surface area (Å²) in [5, 5.41) is 17.5. The van der Waals surface area contributed by atoms with E-state index >= 15 is 0 Å². The van der Waals surface area contributed by atoms with Crippen LogP contribution < -0.4 is 15.8 Å². The van der Waals surface area contributed by atoms with Crippen molar-refractivity contribution in [2.75, 3.05) is 0 Å². The van der Waals surface area contributed by atoms with Gasteiger partial charge in [-0.3, -0.25) is 9.59 Å². The number of carboxylic acids is 1. The van der Waals surface area contributed by atoms with Crippen LogP contribution in [-0.2, 0) is 16.1 Å². The maximum absolute atomic E-state index is 11.7. The van der Waals surface area contributed by atoms with E-state index in [0.29, 0.717) is 21.2 Å². The minimum Gasteiger partial charge on any atom is -0.545 e. The predicted molar refractivity (Wildman–Crippen MR) is 94.8 cm³/mol. The molecule has 0 aliphatic heterocycles. The van der Waals surface area contributed by atoms with Crippen molar-refractivity contribution in [3.63, 3.8) is 0 Å². The van der Waals surface area contributed by atoms with Crippen molar-refractivity contribution < 1.29 is 19.5 Å². The number of amides is 2. The lowest BCUT2D eigenvalue weighted by atomic mass is 10.1. The molecule has 0 aliphatic carbocycles. The standard InChI is InChI=1S/C17H13Cl2N3O4/c18-13-6-5-12(14(19)7-13)9-20-15(23)16(24)22-21-8-10-1-3-11(4-2-10)17(25)26/h1-8H,9H2,(H,20,23)(H,22,24)(H,25,26)/p-1. The van der Waals surface area contributed by atoms with E-state index in [2.05, 4.69) is 15.8 Å². The minimum atomic E-state index is -1.29. The van der Waals surface area contributed by atoms with Gasteiger partial charge in [-0.15, -0.1) is 0 Å². The first kappa shape index (κ1) is 19.4. The maximum Gasteiger partial charge on any atom is 0.329 e. The zero-order valence-corrected chi connectivity index (χ0v) is 14.7. The van der Waals surface area contributed by atoms with Crippen LogP contribution >= 0.6 is 23.2 Å². The third kappa shape index (κ3) is 5.58. The van der Waals surface area contributed by atoms with Crippen LogP contribution in [0.1, 0.15) is 21.5 Å². The highest BCUT2D eigenvalue weighted by molar-refractivity contribution is 6.36. The molecule has 0 fully saturated rings. The summed E-state index contributed by atoms with van der Waals surface area (Å²) >= 11 is 11.8. The highest BCUT2D eigenvalue weighted by atomic mass is 35.5. The fourth-order valence-electron chi connectivity index (χ4n) is 1.84. The second-order valence-corrected chi connectivity index (χ2v) is 5.87. The van der Waals surface area contributed by atoms with E-state index in [0.717, 1.165) is 0 Å². The average molecular weight is 393 g/mol. The molecular formula is C17H12Cl2N3O4-. The Hall–Kier alpha value is -2.90. The van der Waals surface area contributed by atoms with Crippen LogP contribution in [0.3, 0.4) is 0 Å². The third-order valence-corrected chi connectivity index (χ3v) is 3.77. The van der Waals surface area contributed by atoms with Crippen molar-refractivity contribution in [1.82, 2.24) is 10.7 Å². The Labute approximate surface area is 158 Å². The highest BCUT2D eigenvalue weighted by Crippen LogP contribution is 2.20. The largest absolute Gasteiger partial charge is 0.545 e. The molecule has 0 radical (unpaired) electrons. The zero-order valence-electron chi connectivity index (χ0n) is 13.2. The molecule has 0 aliphatic rings. The molecule has 9 heteroatoms. The number of nitrogens with one attached hydrogen (secondary N) is 2. The van der Waals surface area contributed by atoms with E-state index < -0.39 is 17.8 Å². The molecule has 26 heavy (non-hydrogen) atoms. The molecule has 2 rings (SSSR count). The number of rotatable bonds is 5. The first-order valence-corrected chi connectivity index (χ1v) is 7.99. The van der Waals surface area contributed by atoms with Crippen molar-refractivity contribution in [2.24, 2.45) is 5.10 Å². The van der Waals surface area contributed by atoms with Gasteiger partial charge in [0.1, 0.15) is 0 Å². The number of nitrogens with zero attached hydrogens (tertiary/aromatic N) is 1. The Kier molecular flexibility index (Phi) is 6.71. The number of hydrogen-bond donors (Lipinski definition) is 2. The summed E-state index contributed by atoms with van der Waals surface area (Å²) < 4.78 is 0. The monoisotopic (exact) mass is 392 g/mol. The van der Waals surface area contributed by atoms with Crippen molar-refractivity contribution in [1.29, 1.82) is 0 Å². The smallest absolute Gasteiger partial charge is 0.329 e. The molecule has 2 aromatic rings. The van der Waals surface area contributed by atoms with E-state index in [4.69, 9.17) is 23.2 Å². The lowest BCUT2D eigenvalue weighted by molar-refractivity contribution is -0.255. The van der Waals surface area contributed by atoms with Crippen LogP contribution in [0.4, 0.5) is 0 Å². The Morgan fingerprint density at radius 3 is 2.35 bits per heavy atom. The van der Waals surface area contributed by atoms with Crippen LogP contribution in [0.15, 0.2) is 47.6 Å². The second kappa shape index (κ2) is 8.98. The number of halogens is 2. The van der Waals surface area contributed by atoms with E-state index in [-0.39, 0.29) is 12.1 Å². The number of benzene rings is 2. The Morgan fingerprint density at radius 1 is 1.04 bits per heavy atom. The Morgan fingerprint density at radius 2 is 1.73 bits per heavy atom. The summed E-state index contributed by atoms with van der Waals surface area (Å²) in [7, 11) is 0. The van der Waals surface area contributed by atoms with Crippen molar-refractivity contribution in [3.8, 4) is 0 Å². The Bertz CT molecular complexity index is 867. The summed E-state index contributed by atoms with van der Waals surface area (Å²) in [6.45, 7) is 0.0522. The topological polar surface area (TPSA) is 111 Å². The number of carbonyl (C=O) groups excluding carboxylic acids is 3. The van der Waals surface area contributed by atoms with E-state index in [1.807, 2.05) is 0 Å². The van der Waals surface area contributed by atoms with Gasteiger partial charge in [-0.1, -0.05) is 53.5 Å². The predicted octanol–water partition coefficient (Wildman–Crippen LogP) is 1.12. The summed E-state index contributed by atoms with van der Waals surface area (Å²) in [6.07, 6.45) is 1.26. The fourth-order valence-corrected chi connectivity index (χ4v) is 2.32. The first-order valence-electron chi connectivity index (χ1n) is 7.23. The SMILES string of the molecule is O=C(NCc1ccc(Cl)cc1Cl)C(=O)NN=Cc1ccc(C(=O)[O-])cc1. The molecule has 0 bridgehead atoms. The minimum absolute atomic E-state index is 0.0198. The number of hydrogen-bond acceptors (Lipinski definition) is 5. The summed E-state index contributed by atoms with van der Waals surface area (Å²) in [6, 6.07) is 10.4. The van der Waals surface area contributed by atoms with Gasteiger partial charge in [0.25, 0.3) is 0 Å². The van der Waals surface area contributed by atoms with Crippen molar-refractivity contribution >= 4 is 47.2 Å². The summed E-state index contributed by atoms with van der Waals surface area (Å²) in [4.78, 5) is 34.0. The van der Waals surface area contributed by atoms with Crippen LogP contribution in [0.5, 0.6) is 0 Å². The van der Waals surface area contributed by atoms with Gasteiger partial charge < -0.3 is 15.2 Å². The lowest BCUT2D eigenvalue weighted by Crippen LogP contribution is -2.37. The molecule has 0 saturated heterocycles. The van der Waals surface area contributed by atoms with Gasteiger partial charge in [-0.2, -0.15) is 5.10 Å². The molecule has 0 saturated carbocycles. The molecule has 2 N–H and O–H groups in total. The van der Waals surface area contributed by atoms with Crippen LogP contribution in [0.25, 0.3) is 0 Å². The quantitative estimate of drug-likeness (QED) is 0.451. The van der Waals surface area contributed by atoms with Gasteiger partial charge in [-0.25, -0.2) is 5.43 Å². The molecule has 0 spiro atoms. The molecule has 2 amide bonds. The molecule has 0 unspecified atom stereocenters. The van der Waals surface area contributed by atoms with E-state index in [9.17, 15) is 19.5 Å². The van der Waals surface area contributed by atoms with Crippen molar-refractivity contribution in [2.45, 2.75) is 6.54 Å². The van der Waals surface area contributed by atoms with Gasteiger partial charge in [0, 0.05) is 16.6 Å². The van der Waals surface area contributed by atoms with E-state index in [1.54, 1.807) is 12.1 Å². The van der Waals surface area contributed by atoms with Crippen LogP contribution in [-0.4, -0.2) is 24.0 Å². The van der Waals surface area contributed by atoms with Gasteiger partial charge in [-0.05, 0) is 28.8 Å². The van der Waals surface area contributed by atoms with Crippen LogP contribution in [0.2, 0.25) is 10.0 Å². The second-order valence-electron chi connectivity index (χ2n) is 5.03. The molecule has 7 nitrogen and oxygen atoms in total. The van der Waals surface area contributed by atoms with Crippen LogP contribution in [0, 0.1) is 0 Å². The van der Waals surface area contributed by atoms with Gasteiger partial charge in [0.15, 0.2) is 0 Å². The zero-order chi connectivity index (χ0) is 19.1. The van der Waals surface area contributed by atoms with Gasteiger partial charge in [0.05, 0.1) is 12.2 Å². The number of hydrazone groups is 1. The summed E-state index contributed by atoms with van der Waals surface area (Å²) in [5.74, 6) is -3.14. The number of carboxylic acid groups (broad SMARTS) is 1. The Balaban J connectivity index is 1.84. The summed E-state index contributed by atoms with van der Waals surface area (Å²) in [5.41, 5.74) is 3.22. The normalized spacial score (nSPS) is 10.5. The average Bonchev–Trinajstić information content (AvgIpc) is 2.61. The highest BCUT2D eigenvalue weighted by Gasteiger charge is 2.12. The molecule has 0 heterocycles. The molecule has 134 valence electrons. The van der Waals surface area contributed by atoms with Gasteiger partial charge >= 0.3 is 11.8 Å². The molecule has 0 aromatic heterocycles. The molecule has 2 aromatic carbocycles. The number of carbonyl (C=O) groups is 3. The molecular weight excluding hydrogens is 381 g/mol. The van der Waals surface area contributed by atoms with Gasteiger partial charge in [0.2, 0.25) is 0 Å². The third-order valence-electron chi connectivity index (χ3n) is 3.19.